The van der Waals surface area contributed by atoms with Crippen LogP contribution in [0.25, 0.3) is 12.2 Å². The molecule has 0 unspecified atom stereocenters. The van der Waals surface area contributed by atoms with Crippen molar-refractivity contribution in [2.75, 3.05) is 0 Å². The van der Waals surface area contributed by atoms with Crippen LogP contribution < -0.4 is 0 Å². The first-order chi connectivity index (χ1) is 5.86. The van der Waals surface area contributed by atoms with Crippen LogP contribution in [0.5, 0.6) is 0 Å². The van der Waals surface area contributed by atoms with Crippen molar-refractivity contribution in [2.24, 2.45) is 0 Å². The van der Waals surface area contributed by atoms with E-state index < -0.39 is 0 Å². The average Bonchev–Trinajstić information content (AvgIpc) is 2.45. The molecule has 0 aliphatic heterocycles. The Morgan fingerprint density at radius 2 is 2.17 bits per heavy atom. The Morgan fingerprint density at radius 1 is 1.25 bits per heavy atom. The molecule has 0 radical (unpaired) electrons. The fourth-order valence-electron chi connectivity index (χ4n) is 1.15. The lowest BCUT2D eigenvalue weighted by molar-refractivity contribution is 1.08. The summed E-state index contributed by atoms with van der Waals surface area (Å²) in [6.07, 6.45) is 12.1. The minimum absolute atomic E-state index is 0.999. The van der Waals surface area contributed by atoms with Gasteiger partial charge in [0.15, 0.2) is 0 Å². The summed E-state index contributed by atoms with van der Waals surface area (Å²) in [7, 11) is 0. The Kier molecular flexibility index (Phi) is 1.67. The molecule has 0 saturated heterocycles. The van der Waals surface area contributed by atoms with Gasteiger partial charge in [0.25, 0.3) is 0 Å². The van der Waals surface area contributed by atoms with E-state index in [0.717, 1.165) is 11.3 Å². The molecule has 1 aliphatic rings. The summed E-state index contributed by atoms with van der Waals surface area (Å²) in [5.74, 6) is 0. The lowest BCUT2D eigenvalue weighted by Crippen LogP contribution is -1.78. The van der Waals surface area contributed by atoms with Gasteiger partial charge in [-0.3, -0.25) is 5.10 Å². The van der Waals surface area contributed by atoms with Gasteiger partial charge in [0, 0.05) is 11.8 Å². The van der Waals surface area contributed by atoms with Crippen LogP contribution in [0.4, 0.5) is 0 Å². The molecule has 1 N–H and O–H groups in total. The molecule has 60 valence electrons. The van der Waals surface area contributed by atoms with Gasteiger partial charge in [0.2, 0.25) is 0 Å². The Labute approximate surface area is 71.3 Å². The molecule has 0 aromatic carbocycles. The first-order valence-corrected chi connectivity index (χ1v) is 3.93. The van der Waals surface area contributed by atoms with Gasteiger partial charge in [-0.15, -0.1) is 0 Å². The molecule has 0 amide bonds. The van der Waals surface area contributed by atoms with Crippen LogP contribution in [-0.2, 0) is 0 Å². The predicted octanol–water partition coefficient (Wildman–Crippen LogP) is 2.40. The van der Waals surface area contributed by atoms with E-state index in [-0.39, 0.29) is 0 Å². The second-order valence-electron chi connectivity index (χ2n) is 2.83. The number of fused-ring (bicyclic) bond motifs is 1. The molecule has 1 aromatic heterocycles. The third-order valence-electron chi connectivity index (χ3n) is 1.84. The van der Waals surface area contributed by atoms with E-state index in [1.165, 1.54) is 5.57 Å². The lowest BCUT2D eigenvalue weighted by atomic mass is 10.1. The summed E-state index contributed by atoms with van der Waals surface area (Å²) in [5, 5.41) is 6.94. The number of aromatic amines is 1. The number of H-pyrrole nitrogens is 1. The number of rotatable bonds is 0. The standard InChI is InChI=1S/C10H10N2/c1-8-3-2-4-9-7-11-12-10(9)6-5-8/h2-7H,1H3,(H,11,12). The zero-order valence-corrected chi connectivity index (χ0v) is 6.91. The molecule has 0 atom stereocenters. The van der Waals surface area contributed by atoms with Gasteiger partial charge in [0.05, 0.1) is 5.69 Å². The highest BCUT2D eigenvalue weighted by atomic mass is 15.1. The van der Waals surface area contributed by atoms with Crippen molar-refractivity contribution in [1.82, 2.24) is 10.2 Å². The van der Waals surface area contributed by atoms with Crippen LogP contribution in [0.1, 0.15) is 18.2 Å². The zero-order chi connectivity index (χ0) is 8.39. The summed E-state index contributed by atoms with van der Waals surface area (Å²) >= 11 is 0. The smallest absolute Gasteiger partial charge is 0.0920 e. The molecule has 0 bridgehead atoms. The molecule has 2 nitrogen and oxygen atoms in total. The number of hydrogen-bond acceptors (Lipinski definition) is 1. The van der Waals surface area contributed by atoms with E-state index in [4.69, 9.17) is 0 Å². The van der Waals surface area contributed by atoms with E-state index in [0.29, 0.717) is 0 Å². The number of aromatic nitrogens is 2. The molecule has 2 heteroatoms. The van der Waals surface area contributed by atoms with E-state index in [2.05, 4.69) is 29.3 Å². The minimum Gasteiger partial charge on any atom is -0.285 e. The number of allylic oxidation sites excluding steroid dienone is 4. The minimum atomic E-state index is 0.999. The van der Waals surface area contributed by atoms with Crippen molar-refractivity contribution in [3.8, 4) is 0 Å². The quantitative estimate of drug-likeness (QED) is 0.617. The Balaban J connectivity index is 2.49. The Bertz CT molecular complexity index is 367. The van der Waals surface area contributed by atoms with Crippen LogP contribution in [0.2, 0.25) is 0 Å². The van der Waals surface area contributed by atoms with Crippen molar-refractivity contribution >= 4 is 12.2 Å². The predicted molar refractivity (Wildman–Crippen MR) is 50.4 cm³/mol. The number of nitrogens with zero attached hydrogens (tertiary/aromatic N) is 1. The fourth-order valence-corrected chi connectivity index (χ4v) is 1.15. The van der Waals surface area contributed by atoms with Crippen molar-refractivity contribution in [3.05, 3.63) is 41.3 Å². The fraction of sp³-hybridized carbons (Fsp3) is 0.100. The molecule has 12 heavy (non-hydrogen) atoms. The van der Waals surface area contributed by atoms with Gasteiger partial charge in [-0.05, 0) is 13.0 Å². The van der Waals surface area contributed by atoms with Crippen LogP contribution in [0.3, 0.4) is 0 Å². The van der Waals surface area contributed by atoms with Crippen LogP contribution in [0, 0.1) is 0 Å². The topological polar surface area (TPSA) is 28.7 Å². The molecule has 1 aromatic rings. The maximum Gasteiger partial charge on any atom is 0.0920 e. The summed E-state index contributed by atoms with van der Waals surface area (Å²) in [5.41, 5.74) is 3.37. The lowest BCUT2D eigenvalue weighted by Gasteiger charge is -1.94. The second kappa shape index (κ2) is 2.81. The van der Waals surface area contributed by atoms with Gasteiger partial charge < -0.3 is 0 Å². The summed E-state index contributed by atoms with van der Waals surface area (Å²) in [6, 6.07) is 0. The molecule has 0 fully saturated rings. The van der Waals surface area contributed by atoms with Gasteiger partial charge in [-0.2, -0.15) is 5.10 Å². The van der Waals surface area contributed by atoms with Gasteiger partial charge in [0.1, 0.15) is 0 Å². The molecule has 0 saturated carbocycles. The summed E-state index contributed by atoms with van der Waals surface area (Å²) < 4.78 is 0. The maximum absolute atomic E-state index is 4.10. The Morgan fingerprint density at radius 3 is 3.08 bits per heavy atom. The normalized spacial score (nSPS) is 14.9. The van der Waals surface area contributed by atoms with Crippen LogP contribution in [-0.4, -0.2) is 10.2 Å². The van der Waals surface area contributed by atoms with Crippen molar-refractivity contribution < 1.29 is 0 Å². The number of nitrogens with one attached hydrogen (secondary N) is 1. The molecule has 0 spiro atoms. The average molecular weight is 158 g/mol. The molecular formula is C10H10N2. The maximum atomic E-state index is 4.10. The van der Waals surface area contributed by atoms with E-state index >= 15 is 0 Å². The van der Waals surface area contributed by atoms with Gasteiger partial charge in [-0.25, -0.2) is 0 Å². The first-order valence-electron chi connectivity index (χ1n) is 3.93. The third kappa shape index (κ3) is 1.23. The largest absolute Gasteiger partial charge is 0.285 e. The SMILES string of the molecule is CC1=CC=Cc2c[nH]nc2C=C1. The summed E-state index contributed by atoms with van der Waals surface area (Å²) in [6.45, 7) is 2.07. The van der Waals surface area contributed by atoms with Crippen LogP contribution in [0.15, 0.2) is 30.0 Å². The molecule has 2 rings (SSSR count). The van der Waals surface area contributed by atoms with Crippen molar-refractivity contribution in [2.45, 2.75) is 6.92 Å². The van der Waals surface area contributed by atoms with Gasteiger partial charge >= 0.3 is 0 Å². The zero-order valence-electron chi connectivity index (χ0n) is 6.91. The first kappa shape index (κ1) is 7.10. The van der Waals surface area contributed by atoms with E-state index in [1.54, 1.807) is 0 Å². The van der Waals surface area contributed by atoms with E-state index in [1.807, 2.05) is 24.4 Å². The highest BCUT2D eigenvalue weighted by molar-refractivity contribution is 5.65. The Hall–Kier alpha value is -1.57. The van der Waals surface area contributed by atoms with E-state index in [9.17, 15) is 0 Å². The highest BCUT2D eigenvalue weighted by Crippen LogP contribution is 2.13. The second-order valence-corrected chi connectivity index (χ2v) is 2.83. The highest BCUT2D eigenvalue weighted by Gasteiger charge is 1.98. The van der Waals surface area contributed by atoms with Crippen molar-refractivity contribution in [1.29, 1.82) is 0 Å². The number of hydrogen-bond donors (Lipinski definition) is 1. The monoisotopic (exact) mass is 158 g/mol. The molecule has 1 heterocycles. The summed E-state index contributed by atoms with van der Waals surface area (Å²) in [4.78, 5) is 0. The molecule has 1 aliphatic carbocycles. The third-order valence-corrected chi connectivity index (χ3v) is 1.84. The molecular weight excluding hydrogens is 148 g/mol. The van der Waals surface area contributed by atoms with Crippen LogP contribution >= 0.6 is 0 Å². The van der Waals surface area contributed by atoms with Gasteiger partial charge in [-0.1, -0.05) is 29.9 Å². The van der Waals surface area contributed by atoms with Crippen molar-refractivity contribution in [3.63, 3.8) is 0 Å².